The van der Waals surface area contributed by atoms with Crippen molar-refractivity contribution in [3.8, 4) is 6.07 Å². The van der Waals surface area contributed by atoms with Crippen molar-refractivity contribution in [2.24, 2.45) is 0 Å². The van der Waals surface area contributed by atoms with E-state index >= 15 is 0 Å². The molecule has 9 heteroatoms. The smallest absolute Gasteiger partial charge is 0.423 e. The maximum Gasteiger partial charge on any atom is 0.423 e. The van der Waals surface area contributed by atoms with Gasteiger partial charge in [-0.2, -0.15) is 18.4 Å². The standard InChI is InChI=1S/C12H9F3N2O4/c1-2-21-10(18)5-8-3-7(6-16)4-9(12(13,14)15)11(8)17(19)20/h3-4H,2,5H2,1H3. The molecule has 0 spiro atoms. The monoisotopic (exact) mass is 302 g/mol. The molecule has 0 unspecified atom stereocenters. The number of nitro benzene ring substituents is 1. The number of carbonyl (C=O) groups excluding carboxylic acids is 1. The van der Waals surface area contributed by atoms with E-state index in [2.05, 4.69) is 4.74 Å². The van der Waals surface area contributed by atoms with E-state index in [0.717, 1.165) is 6.07 Å². The van der Waals surface area contributed by atoms with Crippen LogP contribution < -0.4 is 0 Å². The molecule has 0 atom stereocenters. The van der Waals surface area contributed by atoms with Crippen LogP contribution >= 0.6 is 0 Å². The van der Waals surface area contributed by atoms with Gasteiger partial charge >= 0.3 is 12.1 Å². The Morgan fingerprint density at radius 1 is 1.48 bits per heavy atom. The summed E-state index contributed by atoms with van der Waals surface area (Å²) >= 11 is 0. The fourth-order valence-corrected chi connectivity index (χ4v) is 1.69. The number of nitrogens with zero attached hydrogens (tertiary/aromatic N) is 2. The van der Waals surface area contributed by atoms with Gasteiger partial charge in [0, 0.05) is 5.56 Å². The van der Waals surface area contributed by atoms with Crippen molar-refractivity contribution in [2.45, 2.75) is 19.5 Å². The van der Waals surface area contributed by atoms with Crippen molar-refractivity contribution >= 4 is 11.7 Å². The minimum atomic E-state index is -5.02. The van der Waals surface area contributed by atoms with Crippen molar-refractivity contribution in [2.75, 3.05) is 6.61 Å². The second-order valence-corrected chi connectivity index (χ2v) is 3.88. The Balaban J connectivity index is 3.50. The Labute approximate surface area is 116 Å². The lowest BCUT2D eigenvalue weighted by molar-refractivity contribution is -0.388. The Morgan fingerprint density at radius 2 is 2.10 bits per heavy atom. The summed E-state index contributed by atoms with van der Waals surface area (Å²) < 4.78 is 43.1. The SMILES string of the molecule is CCOC(=O)Cc1cc(C#N)cc(C(F)(F)F)c1[N+](=O)[O-]. The van der Waals surface area contributed by atoms with Gasteiger partial charge < -0.3 is 4.74 Å². The number of nitro groups is 1. The highest BCUT2D eigenvalue weighted by Gasteiger charge is 2.40. The maximum absolute atomic E-state index is 12.9. The summed E-state index contributed by atoms with van der Waals surface area (Å²) in [7, 11) is 0. The van der Waals surface area contributed by atoms with Crippen molar-refractivity contribution in [3.05, 3.63) is 38.9 Å². The van der Waals surface area contributed by atoms with Crippen LogP contribution in [0, 0.1) is 21.4 Å². The second kappa shape index (κ2) is 6.21. The number of ether oxygens (including phenoxy) is 1. The van der Waals surface area contributed by atoms with Crippen LogP contribution in [0.25, 0.3) is 0 Å². The van der Waals surface area contributed by atoms with Crippen LogP contribution in [0.1, 0.15) is 23.6 Å². The number of esters is 1. The average molecular weight is 302 g/mol. The van der Waals surface area contributed by atoms with E-state index in [1.807, 2.05) is 0 Å². The zero-order valence-electron chi connectivity index (χ0n) is 10.7. The van der Waals surface area contributed by atoms with Crippen molar-refractivity contribution in [1.29, 1.82) is 5.26 Å². The van der Waals surface area contributed by atoms with Crippen LogP contribution in [0.2, 0.25) is 0 Å². The minimum Gasteiger partial charge on any atom is -0.466 e. The second-order valence-electron chi connectivity index (χ2n) is 3.88. The number of benzene rings is 1. The van der Waals surface area contributed by atoms with Crippen LogP contribution in [-0.4, -0.2) is 17.5 Å². The molecule has 0 aliphatic rings. The summed E-state index contributed by atoms with van der Waals surface area (Å²) in [5.41, 5.74) is -3.74. The number of hydrogen-bond acceptors (Lipinski definition) is 5. The Kier molecular flexibility index (Phi) is 4.86. The minimum absolute atomic E-state index is 0.0172. The fraction of sp³-hybridized carbons (Fsp3) is 0.333. The molecular formula is C12H9F3N2O4. The molecule has 0 radical (unpaired) electrons. The first kappa shape index (κ1) is 16.4. The molecule has 0 amide bonds. The van der Waals surface area contributed by atoms with E-state index in [1.165, 1.54) is 13.0 Å². The van der Waals surface area contributed by atoms with Gasteiger partial charge in [-0.15, -0.1) is 0 Å². The third-order valence-electron chi connectivity index (χ3n) is 2.45. The molecule has 21 heavy (non-hydrogen) atoms. The summed E-state index contributed by atoms with van der Waals surface area (Å²) in [4.78, 5) is 21.0. The van der Waals surface area contributed by atoms with Crippen molar-refractivity contribution in [3.63, 3.8) is 0 Å². The van der Waals surface area contributed by atoms with E-state index in [9.17, 15) is 28.1 Å². The highest BCUT2D eigenvalue weighted by atomic mass is 19.4. The van der Waals surface area contributed by atoms with Crippen LogP contribution in [-0.2, 0) is 22.1 Å². The van der Waals surface area contributed by atoms with Gasteiger partial charge in [0.15, 0.2) is 0 Å². The largest absolute Gasteiger partial charge is 0.466 e. The quantitative estimate of drug-likeness (QED) is 0.484. The molecule has 0 heterocycles. The lowest BCUT2D eigenvalue weighted by Gasteiger charge is -2.11. The predicted molar refractivity (Wildman–Crippen MR) is 63.2 cm³/mol. The molecule has 0 aliphatic carbocycles. The number of hydrogen-bond donors (Lipinski definition) is 0. The van der Waals surface area contributed by atoms with Gasteiger partial charge in [-0.25, -0.2) is 0 Å². The highest BCUT2D eigenvalue weighted by molar-refractivity contribution is 5.75. The van der Waals surface area contributed by atoms with Crippen molar-refractivity contribution in [1.82, 2.24) is 0 Å². The Hall–Kier alpha value is -2.63. The zero-order valence-corrected chi connectivity index (χ0v) is 10.7. The molecule has 112 valence electrons. The first-order valence-electron chi connectivity index (χ1n) is 5.65. The number of carbonyl (C=O) groups is 1. The Morgan fingerprint density at radius 3 is 2.52 bits per heavy atom. The molecule has 0 N–H and O–H groups in total. The van der Waals surface area contributed by atoms with Crippen molar-refractivity contribution < 1.29 is 27.6 Å². The normalized spacial score (nSPS) is 10.8. The van der Waals surface area contributed by atoms with E-state index < -0.39 is 45.9 Å². The number of rotatable bonds is 4. The molecule has 0 aliphatic heterocycles. The fourth-order valence-electron chi connectivity index (χ4n) is 1.69. The third kappa shape index (κ3) is 3.92. The first-order valence-corrected chi connectivity index (χ1v) is 5.65. The first-order chi connectivity index (χ1) is 9.70. The molecule has 6 nitrogen and oxygen atoms in total. The van der Waals surface area contributed by atoms with Crippen LogP contribution in [0.3, 0.4) is 0 Å². The molecule has 1 rings (SSSR count). The summed E-state index contributed by atoms with van der Waals surface area (Å²) in [5.74, 6) is -0.913. The van der Waals surface area contributed by atoms with Gasteiger partial charge in [0.05, 0.1) is 29.6 Å². The molecule has 1 aromatic rings. The molecule has 0 saturated carbocycles. The van der Waals surface area contributed by atoms with Gasteiger partial charge in [0.1, 0.15) is 5.56 Å². The van der Waals surface area contributed by atoms with Gasteiger partial charge in [-0.05, 0) is 19.1 Å². The molecule has 0 bridgehead atoms. The summed E-state index contributed by atoms with van der Waals surface area (Å²) in [5, 5.41) is 19.6. The summed E-state index contributed by atoms with van der Waals surface area (Å²) in [6, 6.07) is 2.74. The van der Waals surface area contributed by atoms with Gasteiger partial charge in [-0.3, -0.25) is 14.9 Å². The molecule has 0 saturated heterocycles. The topological polar surface area (TPSA) is 93.2 Å². The Bertz CT molecular complexity index is 620. The number of nitriles is 1. The van der Waals surface area contributed by atoms with E-state index in [4.69, 9.17) is 5.26 Å². The summed E-state index contributed by atoms with van der Waals surface area (Å²) in [6.07, 6.45) is -5.73. The average Bonchev–Trinajstić information content (AvgIpc) is 2.36. The van der Waals surface area contributed by atoms with E-state index in [-0.39, 0.29) is 6.61 Å². The highest BCUT2D eigenvalue weighted by Crippen LogP contribution is 2.39. The lowest BCUT2D eigenvalue weighted by Crippen LogP contribution is -2.14. The maximum atomic E-state index is 12.9. The third-order valence-corrected chi connectivity index (χ3v) is 2.45. The molecular weight excluding hydrogens is 293 g/mol. The van der Waals surface area contributed by atoms with Gasteiger partial charge in [-0.1, -0.05) is 0 Å². The van der Waals surface area contributed by atoms with Gasteiger partial charge in [0.2, 0.25) is 0 Å². The zero-order chi connectivity index (χ0) is 16.2. The molecule has 0 fully saturated rings. The van der Waals surface area contributed by atoms with Gasteiger partial charge in [0.25, 0.3) is 5.69 Å². The van der Waals surface area contributed by atoms with Crippen LogP contribution in [0.5, 0.6) is 0 Å². The van der Waals surface area contributed by atoms with E-state index in [1.54, 1.807) is 0 Å². The molecule has 1 aromatic carbocycles. The number of alkyl halides is 3. The van der Waals surface area contributed by atoms with E-state index in [0.29, 0.717) is 6.07 Å². The van der Waals surface area contributed by atoms with Crippen LogP contribution in [0.15, 0.2) is 12.1 Å². The van der Waals surface area contributed by atoms with Crippen LogP contribution in [0.4, 0.5) is 18.9 Å². The predicted octanol–water partition coefficient (Wildman–Crippen LogP) is 2.59. The molecule has 0 aromatic heterocycles. The number of halogens is 3. The lowest BCUT2D eigenvalue weighted by atomic mass is 10.0. The summed E-state index contributed by atoms with van der Waals surface area (Å²) in [6.45, 7) is 1.47.